The maximum Gasteiger partial charge on any atom is 0.233 e. The summed E-state index contributed by atoms with van der Waals surface area (Å²) in [6, 6.07) is 5.85. The first-order chi connectivity index (χ1) is 10.1. The van der Waals surface area contributed by atoms with Crippen LogP contribution in [0.5, 0.6) is 0 Å². The molecule has 1 fully saturated rings. The molecule has 116 valence electrons. The highest BCUT2D eigenvalue weighted by Crippen LogP contribution is 2.29. The molecular weight excluding hydrogens is 304 g/mol. The van der Waals surface area contributed by atoms with Crippen LogP contribution in [0.1, 0.15) is 39.0 Å². The van der Waals surface area contributed by atoms with Crippen molar-refractivity contribution >= 4 is 35.0 Å². The number of rotatable bonds is 5. The molecule has 1 aromatic rings. The second-order valence-corrected chi connectivity index (χ2v) is 6.90. The van der Waals surface area contributed by atoms with Crippen LogP contribution in [-0.2, 0) is 4.79 Å². The maximum atomic E-state index is 12.5. The zero-order valence-electron chi connectivity index (χ0n) is 12.5. The van der Waals surface area contributed by atoms with Gasteiger partial charge >= 0.3 is 0 Å². The number of hydrogen-bond acceptors (Lipinski definition) is 3. The first-order valence-electron chi connectivity index (χ1n) is 7.59. The van der Waals surface area contributed by atoms with Gasteiger partial charge in [-0.05, 0) is 38.0 Å². The molecule has 0 saturated heterocycles. The molecule has 0 unspecified atom stereocenters. The van der Waals surface area contributed by atoms with Gasteiger partial charge in [-0.1, -0.05) is 30.9 Å². The zero-order chi connectivity index (χ0) is 15.2. The van der Waals surface area contributed by atoms with Crippen molar-refractivity contribution in [1.29, 1.82) is 0 Å². The van der Waals surface area contributed by atoms with Crippen LogP contribution >= 0.6 is 23.4 Å². The van der Waals surface area contributed by atoms with E-state index in [1.54, 1.807) is 6.07 Å². The fraction of sp³-hybridized carbons (Fsp3) is 0.562. The van der Waals surface area contributed by atoms with Crippen molar-refractivity contribution in [3.63, 3.8) is 0 Å². The smallest absolute Gasteiger partial charge is 0.233 e. The van der Waals surface area contributed by atoms with Crippen molar-refractivity contribution in [2.75, 3.05) is 18.0 Å². The monoisotopic (exact) mass is 326 g/mol. The van der Waals surface area contributed by atoms with Gasteiger partial charge in [-0.2, -0.15) is 0 Å². The molecule has 0 heterocycles. The summed E-state index contributed by atoms with van der Waals surface area (Å²) in [5.41, 5.74) is 6.57. The number of halogens is 1. The lowest BCUT2D eigenvalue weighted by molar-refractivity contribution is -0.131. The average Bonchev–Trinajstić information content (AvgIpc) is 2.48. The van der Waals surface area contributed by atoms with Crippen LogP contribution in [0.2, 0.25) is 5.02 Å². The van der Waals surface area contributed by atoms with Gasteiger partial charge in [0.2, 0.25) is 5.91 Å². The van der Waals surface area contributed by atoms with Crippen LogP contribution < -0.4 is 5.73 Å². The number of anilines is 1. The van der Waals surface area contributed by atoms with Gasteiger partial charge < -0.3 is 10.6 Å². The molecule has 2 N–H and O–H groups in total. The van der Waals surface area contributed by atoms with Crippen molar-refractivity contribution in [1.82, 2.24) is 4.90 Å². The number of hydrogen-bond donors (Lipinski definition) is 1. The van der Waals surface area contributed by atoms with E-state index in [1.165, 1.54) is 31.0 Å². The van der Waals surface area contributed by atoms with Gasteiger partial charge in [0.15, 0.2) is 0 Å². The molecule has 0 radical (unpaired) electrons. The normalized spacial score (nSPS) is 15.9. The van der Waals surface area contributed by atoms with Gasteiger partial charge in [0.1, 0.15) is 0 Å². The molecular formula is C16H23ClN2OS. The van der Waals surface area contributed by atoms with E-state index < -0.39 is 0 Å². The van der Waals surface area contributed by atoms with Crippen molar-refractivity contribution in [3.8, 4) is 0 Å². The minimum Gasteiger partial charge on any atom is -0.398 e. The van der Waals surface area contributed by atoms with Gasteiger partial charge in [-0.3, -0.25) is 4.79 Å². The number of benzene rings is 1. The van der Waals surface area contributed by atoms with Crippen LogP contribution in [0.15, 0.2) is 23.1 Å². The Kier molecular flexibility index (Phi) is 6.24. The van der Waals surface area contributed by atoms with Gasteiger partial charge in [-0.15, -0.1) is 11.8 Å². The Bertz CT molecular complexity index is 489. The Hall–Kier alpha value is -0.870. The summed E-state index contributed by atoms with van der Waals surface area (Å²) >= 11 is 7.39. The number of carbonyl (C=O) groups excluding carboxylic acids is 1. The standard InChI is InChI=1S/C16H23ClN2OS/c1-2-19(13-6-4-3-5-7-13)16(20)11-21-15-9-8-12(17)10-14(15)18/h8-10,13H,2-7,11,18H2,1H3. The summed E-state index contributed by atoms with van der Waals surface area (Å²) in [6.45, 7) is 2.86. The lowest BCUT2D eigenvalue weighted by atomic mass is 9.94. The topological polar surface area (TPSA) is 46.3 Å². The molecule has 0 aromatic heterocycles. The highest BCUT2D eigenvalue weighted by atomic mass is 35.5. The lowest BCUT2D eigenvalue weighted by Crippen LogP contribution is -2.42. The third-order valence-electron chi connectivity index (χ3n) is 4.00. The van der Waals surface area contributed by atoms with Crippen molar-refractivity contribution < 1.29 is 4.79 Å². The Morgan fingerprint density at radius 3 is 2.71 bits per heavy atom. The Labute approximate surface area is 136 Å². The molecule has 0 spiro atoms. The summed E-state index contributed by atoms with van der Waals surface area (Å²) < 4.78 is 0. The predicted octanol–water partition coefficient (Wildman–Crippen LogP) is 4.20. The largest absolute Gasteiger partial charge is 0.398 e. The van der Waals surface area contributed by atoms with E-state index in [0.717, 1.165) is 24.3 Å². The summed E-state index contributed by atoms with van der Waals surface area (Å²) in [5.74, 6) is 0.652. The van der Waals surface area contributed by atoms with Crippen LogP contribution in [0.3, 0.4) is 0 Å². The molecule has 1 aliphatic rings. The Balaban J connectivity index is 1.92. The molecule has 3 nitrogen and oxygen atoms in total. The first-order valence-corrected chi connectivity index (χ1v) is 8.95. The molecule has 0 atom stereocenters. The van der Waals surface area contributed by atoms with Gasteiger partial charge in [0.25, 0.3) is 0 Å². The van der Waals surface area contributed by atoms with E-state index in [-0.39, 0.29) is 5.91 Å². The van der Waals surface area contributed by atoms with Crippen LogP contribution in [0.25, 0.3) is 0 Å². The lowest BCUT2D eigenvalue weighted by Gasteiger charge is -2.33. The zero-order valence-corrected chi connectivity index (χ0v) is 14.1. The molecule has 1 amide bonds. The number of thioether (sulfide) groups is 1. The Morgan fingerprint density at radius 1 is 1.38 bits per heavy atom. The number of nitrogen functional groups attached to an aromatic ring is 1. The van der Waals surface area contributed by atoms with E-state index in [9.17, 15) is 4.79 Å². The molecule has 5 heteroatoms. The molecule has 21 heavy (non-hydrogen) atoms. The predicted molar refractivity (Wildman–Crippen MR) is 90.8 cm³/mol. The van der Waals surface area contributed by atoms with Gasteiger partial charge in [0, 0.05) is 28.2 Å². The summed E-state index contributed by atoms with van der Waals surface area (Å²) in [5, 5.41) is 0.626. The molecule has 0 aliphatic heterocycles. The summed E-state index contributed by atoms with van der Waals surface area (Å²) in [7, 11) is 0. The molecule has 1 aliphatic carbocycles. The van der Waals surface area contributed by atoms with Crippen LogP contribution in [0.4, 0.5) is 5.69 Å². The quantitative estimate of drug-likeness (QED) is 0.651. The first kappa shape index (κ1) is 16.5. The van der Waals surface area contributed by atoms with E-state index in [4.69, 9.17) is 17.3 Å². The SMILES string of the molecule is CCN(C(=O)CSc1ccc(Cl)cc1N)C1CCCCC1. The van der Waals surface area contributed by atoms with E-state index in [1.807, 2.05) is 17.0 Å². The molecule has 1 saturated carbocycles. The number of amides is 1. The second-order valence-electron chi connectivity index (χ2n) is 5.44. The third kappa shape index (κ3) is 4.55. The minimum atomic E-state index is 0.212. The number of carbonyl (C=O) groups is 1. The van der Waals surface area contributed by atoms with Crippen LogP contribution in [0, 0.1) is 0 Å². The van der Waals surface area contributed by atoms with E-state index in [0.29, 0.717) is 22.5 Å². The fourth-order valence-corrected chi connectivity index (χ4v) is 3.92. The van der Waals surface area contributed by atoms with Gasteiger partial charge in [-0.25, -0.2) is 0 Å². The minimum absolute atomic E-state index is 0.212. The fourth-order valence-electron chi connectivity index (χ4n) is 2.90. The number of nitrogens with zero attached hydrogens (tertiary/aromatic N) is 1. The van der Waals surface area contributed by atoms with Crippen LogP contribution in [-0.4, -0.2) is 29.1 Å². The van der Waals surface area contributed by atoms with Crippen molar-refractivity contribution in [3.05, 3.63) is 23.2 Å². The Morgan fingerprint density at radius 2 is 2.10 bits per heavy atom. The van der Waals surface area contributed by atoms with E-state index in [2.05, 4.69) is 6.92 Å². The summed E-state index contributed by atoms with van der Waals surface area (Å²) in [4.78, 5) is 15.4. The average molecular weight is 327 g/mol. The maximum absolute atomic E-state index is 12.5. The molecule has 1 aromatic carbocycles. The van der Waals surface area contributed by atoms with E-state index >= 15 is 0 Å². The van der Waals surface area contributed by atoms with Crippen molar-refractivity contribution in [2.24, 2.45) is 0 Å². The highest BCUT2D eigenvalue weighted by Gasteiger charge is 2.24. The molecule has 0 bridgehead atoms. The highest BCUT2D eigenvalue weighted by molar-refractivity contribution is 8.00. The van der Waals surface area contributed by atoms with Gasteiger partial charge in [0.05, 0.1) is 5.75 Å². The third-order valence-corrected chi connectivity index (χ3v) is 5.31. The summed E-state index contributed by atoms with van der Waals surface area (Å²) in [6.07, 6.45) is 6.08. The van der Waals surface area contributed by atoms with Crippen molar-refractivity contribution in [2.45, 2.75) is 50.0 Å². The number of nitrogens with two attached hydrogens (primary N) is 1. The molecule has 2 rings (SSSR count). The second kappa shape index (κ2) is 7.95.